The van der Waals surface area contributed by atoms with Crippen LogP contribution in [-0.2, 0) is 12.7 Å². The van der Waals surface area contributed by atoms with Crippen molar-refractivity contribution in [3.05, 3.63) is 151 Å². The molecule has 9 rings (SSSR count). The third-order valence-corrected chi connectivity index (χ3v) is 11.4. The van der Waals surface area contributed by atoms with E-state index in [0.29, 0.717) is 27.9 Å². The van der Waals surface area contributed by atoms with Crippen molar-refractivity contribution < 1.29 is 32.3 Å². The first kappa shape index (κ1) is 34.5. The number of nitrogens with zero attached hydrogens (tertiary/aromatic N) is 3. The van der Waals surface area contributed by atoms with Gasteiger partial charge in [-0.15, -0.1) is 0 Å². The third kappa shape index (κ3) is 5.43. The van der Waals surface area contributed by atoms with Crippen molar-refractivity contribution in [2.45, 2.75) is 64.1 Å². The molecule has 0 unspecified atom stereocenters. The Morgan fingerprint density at radius 1 is 0.709 bits per heavy atom. The third-order valence-electron chi connectivity index (χ3n) is 11.4. The Bertz CT molecular complexity index is 2670. The highest BCUT2D eigenvalue weighted by atomic mass is 19.4. The van der Waals surface area contributed by atoms with E-state index >= 15 is 0 Å². The number of hydrogen-bond donors (Lipinski definition) is 0. The van der Waals surface area contributed by atoms with E-state index in [2.05, 4.69) is 17.1 Å². The number of carbonyl (C=O) groups excluding carboxylic acids is 4. The lowest BCUT2D eigenvalue weighted by molar-refractivity contribution is -0.137. The monoisotopic (exact) mass is 739 g/mol. The molecule has 1 aliphatic heterocycles. The van der Waals surface area contributed by atoms with Crippen LogP contribution in [0.1, 0.15) is 113 Å². The van der Waals surface area contributed by atoms with E-state index < -0.39 is 46.6 Å². The number of aryl methyl sites for hydroxylation is 2. The minimum Gasteiger partial charge on any atom is -0.293 e. The second-order valence-corrected chi connectivity index (χ2v) is 14.8. The van der Waals surface area contributed by atoms with E-state index in [9.17, 15) is 37.1 Å². The van der Waals surface area contributed by atoms with E-state index in [0.717, 1.165) is 46.7 Å². The number of rotatable bonds is 5. The summed E-state index contributed by atoms with van der Waals surface area (Å²) in [7, 11) is 0. The fourth-order valence-corrected chi connectivity index (χ4v) is 8.70. The van der Waals surface area contributed by atoms with Crippen LogP contribution < -0.4 is 10.5 Å². The highest BCUT2D eigenvalue weighted by molar-refractivity contribution is 6.36. The van der Waals surface area contributed by atoms with Crippen LogP contribution in [0.5, 0.6) is 0 Å². The number of imide groups is 1. The summed E-state index contributed by atoms with van der Waals surface area (Å²) in [5.74, 6) is -3.53. The smallest absolute Gasteiger partial charge is 0.293 e. The number of amides is 2. The van der Waals surface area contributed by atoms with Gasteiger partial charge in [-0.3, -0.25) is 28.5 Å². The lowest BCUT2D eigenvalue weighted by atomic mass is 9.93. The number of ketones is 2. The topological polar surface area (TPSA) is 106 Å². The van der Waals surface area contributed by atoms with Gasteiger partial charge in [-0.25, -0.2) is 9.88 Å². The Morgan fingerprint density at radius 2 is 1.27 bits per heavy atom. The number of aromatic nitrogens is 2. The first-order chi connectivity index (χ1) is 26.3. The summed E-state index contributed by atoms with van der Waals surface area (Å²) in [4.78, 5) is 76.0. The maximum Gasteiger partial charge on any atom is 0.416 e. The van der Waals surface area contributed by atoms with Crippen molar-refractivity contribution in [1.82, 2.24) is 9.55 Å². The molecule has 5 aromatic carbocycles. The van der Waals surface area contributed by atoms with Gasteiger partial charge in [0, 0.05) is 11.1 Å². The van der Waals surface area contributed by atoms with Gasteiger partial charge in [-0.05, 0) is 108 Å². The summed E-state index contributed by atoms with van der Waals surface area (Å²) in [6, 6.07) is 21.5. The SMILES string of the molecule is Cc1cc(C2CCCC2)cc(C)c1N1C(=O)c2cc3cc4c(cc3cc2C1=O)C(=O)C(c1nc2ccc(C(F)(F)F)cc2c(=O)n1Cc1ccccc1)C4=O. The van der Waals surface area contributed by atoms with Crippen molar-refractivity contribution in [3.63, 3.8) is 0 Å². The molecule has 0 saturated heterocycles. The van der Waals surface area contributed by atoms with Crippen molar-refractivity contribution in [3.8, 4) is 0 Å². The van der Waals surface area contributed by atoms with Gasteiger partial charge in [0.15, 0.2) is 11.6 Å². The molecular formula is C44H32F3N3O5. The first-order valence-corrected chi connectivity index (χ1v) is 18.2. The molecule has 2 heterocycles. The van der Waals surface area contributed by atoms with Crippen molar-refractivity contribution in [2.24, 2.45) is 0 Å². The molecular weight excluding hydrogens is 707 g/mol. The molecule has 0 atom stereocenters. The fourth-order valence-electron chi connectivity index (χ4n) is 8.70. The van der Waals surface area contributed by atoms with Crippen LogP contribution in [0.3, 0.4) is 0 Å². The predicted octanol–water partition coefficient (Wildman–Crippen LogP) is 8.85. The van der Waals surface area contributed by atoms with Crippen LogP contribution in [0, 0.1) is 13.8 Å². The zero-order valence-corrected chi connectivity index (χ0v) is 29.8. The van der Waals surface area contributed by atoms with Crippen molar-refractivity contribution >= 4 is 50.7 Å². The molecule has 55 heavy (non-hydrogen) atoms. The lowest BCUT2D eigenvalue weighted by Gasteiger charge is -2.22. The molecule has 1 aromatic heterocycles. The molecule has 1 saturated carbocycles. The van der Waals surface area contributed by atoms with Crippen LogP contribution in [0.4, 0.5) is 18.9 Å². The Morgan fingerprint density at radius 3 is 1.84 bits per heavy atom. The number of fused-ring (bicyclic) bond motifs is 4. The number of anilines is 1. The number of carbonyl (C=O) groups is 4. The summed E-state index contributed by atoms with van der Waals surface area (Å²) in [5.41, 5.74) is 2.55. The molecule has 0 spiro atoms. The Labute approximate surface area is 312 Å². The molecule has 2 amide bonds. The van der Waals surface area contributed by atoms with Crippen LogP contribution >= 0.6 is 0 Å². The van der Waals surface area contributed by atoms with Crippen LogP contribution in [0.2, 0.25) is 0 Å². The zero-order chi connectivity index (χ0) is 38.5. The summed E-state index contributed by atoms with van der Waals surface area (Å²) in [6.45, 7) is 3.66. The second kappa shape index (κ2) is 12.4. The number of benzene rings is 5. The lowest BCUT2D eigenvalue weighted by Crippen LogP contribution is -2.31. The summed E-state index contributed by atoms with van der Waals surface area (Å²) in [6.07, 6.45) is -0.112. The standard InChI is InChI=1S/C44H32F3N3O5/c1-22-14-26(25-10-6-7-11-25)15-23(2)37(22)50-42(54)32-18-27-16-30-31(17-28(27)19-33(32)43(50)55)39(52)36(38(30)51)40-48-35-13-12-29(44(45,46)47)20-34(35)41(53)49(40)21-24-8-4-3-5-9-24/h3-5,8-9,12-20,25,36H,6-7,10-11,21H2,1-2H3. The molecule has 0 bridgehead atoms. The minimum absolute atomic E-state index is 0.0540. The first-order valence-electron chi connectivity index (χ1n) is 18.2. The number of halogens is 3. The quantitative estimate of drug-likeness (QED) is 0.129. The van der Waals surface area contributed by atoms with E-state index in [1.807, 2.05) is 13.8 Å². The van der Waals surface area contributed by atoms with E-state index in [1.165, 1.54) is 35.4 Å². The molecule has 8 nitrogen and oxygen atoms in total. The number of Topliss-reactive ketones (excluding diaryl/α,β-unsaturated/α-hetero) is 2. The van der Waals surface area contributed by atoms with Crippen LogP contribution in [-0.4, -0.2) is 32.9 Å². The number of alkyl halides is 3. The van der Waals surface area contributed by atoms with Crippen molar-refractivity contribution in [1.29, 1.82) is 0 Å². The molecule has 11 heteroatoms. The van der Waals surface area contributed by atoms with Crippen molar-refractivity contribution in [2.75, 3.05) is 4.90 Å². The summed E-state index contributed by atoms with van der Waals surface area (Å²) in [5, 5.41) is 0.615. The van der Waals surface area contributed by atoms with Gasteiger partial charge < -0.3 is 0 Å². The Balaban J connectivity index is 1.12. The van der Waals surface area contributed by atoms with Gasteiger partial charge in [0.1, 0.15) is 11.7 Å². The average molecular weight is 740 g/mol. The van der Waals surface area contributed by atoms with Crippen LogP contribution in [0.15, 0.2) is 89.7 Å². The summed E-state index contributed by atoms with van der Waals surface area (Å²) < 4.78 is 42.0. The second-order valence-electron chi connectivity index (χ2n) is 14.8. The van der Waals surface area contributed by atoms with Gasteiger partial charge >= 0.3 is 6.18 Å². The summed E-state index contributed by atoms with van der Waals surface area (Å²) >= 11 is 0. The highest BCUT2D eigenvalue weighted by Crippen LogP contribution is 2.42. The van der Waals surface area contributed by atoms with E-state index in [1.54, 1.807) is 42.5 Å². The molecule has 1 fully saturated rings. The average Bonchev–Trinajstić information content (AvgIpc) is 3.84. The maximum absolute atomic E-state index is 14.2. The Hall–Kier alpha value is -6.23. The highest BCUT2D eigenvalue weighted by Gasteiger charge is 2.44. The van der Waals surface area contributed by atoms with Gasteiger partial charge in [0.05, 0.1) is 39.8 Å². The number of hydrogen-bond acceptors (Lipinski definition) is 6. The molecule has 2 aliphatic carbocycles. The molecule has 0 N–H and O–H groups in total. The van der Waals surface area contributed by atoms with E-state index in [-0.39, 0.29) is 45.5 Å². The molecule has 274 valence electrons. The molecule has 0 radical (unpaired) electrons. The van der Waals surface area contributed by atoms with Crippen LogP contribution in [0.25, 0.3) is 21.7 Å². The Kier molecular flexibility index (Phi) is 7.79. The minimum atomic E-state index is -4.71. The van der Waals surface area contributed by atoms with Gasteiger partial charge in [-0.2, -0.15) is 13.2 Å². The predicted molar refractivity (Wildman–Crippen MR) is 200 cm³/mol. The van der Waals surface area contributed by atoms with Gasteiger partial charge in [-0.1, -0.05) is 55.3 Å². The normalized spacial score (nSPS) is 16.3. The largest absolute Gasteiger partial charge is 0.416 e. The maximum atomic E-state index is 14.2. The zero-order valence-electron chi connectivity index (χ0n) is 29.8. The molecule has 3 aliphatic rings. The van der Waals surface area contributed by atoms with E-state index in [4.69, 9.17) is 0 Å². The fraction of sp³-hybridized carbons (Fsp3) is 0.227. The van der Waals surface area contributed by atoms with Gasteiger partial charge in [0.25, 0.3) is 17.4 Å². The molecule has 6 aromatic rings. The van der Waals surface area contributed by atoms with Gasteiger partial charge in [0.2, 0.25) is 0 Å².